The van der Waals surface area contributed by atoms with Gasteiger partial charge in [-0.05, 0) is 36.5 Å². The zero-order valence-electron chi connectivity index (χ0n) is 7.00. The van der Waals surface area contributed by atoms with Gasteiger partial charge in [-0.3, -0.25) is 0 Å². The van der Waals surface area contributed by atoms with E-state index < -0.39 is 0 Å². The summed E-state index contributed by atoms with van der Waals surface area (Å²) in [6.45, 7) is 0. The molecule has 0 radical (unpaired) electrons. The van der Waals surface area contributed by atoms with Gasteiger partial charge in [0.2, 0.25) is 0 Å². The molecule has 0 bridgehead atoms. The summed E-state index contributed by atoms with van der Waals surface area (Å²) in [6, 6.07) is 7.60. The van der Waals surface area contributed by atoms with Crippen molar-refractivity contribution in [2.24, 2.45) is 0 Å². The molecule has 0 heterocycles. The smallest absolute Gasteiger partial charge is 0.349 e. The van der Waals surface area contributed by atoms with E-state index in [0.717, 1.165) is 5.92 Å². The molecule has 68 valence electrons. The SMILES string of the molecule is O=C(OBr)c1ccc(C2CC2)cc1. The van der Waals surface area contributed by atoms with Gasteiger partial charge in [-0.25, -0.2) is 4.79 Å². The molecule has 1 saturated carbocycles. The quantitative estimate of drug-likeness (QED) is 0.795. The number of rotatable bonds is 2. The van der Waals surface area contributed by atoms with E-state index in [9.17, 15) is 4.79 Å². The van der Waals surface area contributed by atoms with Crippen LogP contribution >= 0.6 is 16.3 Å². The second-order valence-corrected chi connectivity index (χ2v) is 3.58. The third-order valence-corrected chi connectivity index (χ3v) is 2.56. The standard InChI is InChI=1S/C10H9BrO2/c11-13-10(12)9-5-3-8(4-6-9)7-1-2-7/h3-7H,1-2H2. The monoisotopic (exact) mass is 240 g/mol. The summed E-state index contributed by atoms with van der Waals surface area (Å²) in [5.74, 6) is 0.386. The molecule has 1 aromatic rings. The highest BCUT2D eigenvalue weighted by molar-refractivity contribution is 9.06. The Kier molecular flexibility index (Phi) is 2.36. The predicted octanol–water partition coefficient (Wildman–Crippen LogP) is 3.03. The predicted molar refractivity (Wildman–Crippen MR) is 52.8 cm³/mol. The molecule has 1 aliphatic carbocycles. The second kappa shape index (κ2) is 3.50. The van der Waals surface area contributed by atoms with Crippen LogP contribution in [-0.2, 0) is 3.83 Å². The van der Waals surface area contributed by atoms with Crippen molar-refractivity contribution in [2.75, 3.05) is 0 Å². The van der Waals surface area contributed by atoms with E-state index in [4.69, 9.17) is 0 Å². The molecule has 0 spiro atoms. The molecule has 3 heteroatoms. The van der Waals surface area contributed by atoms with Crippen molar-refractivity contribution in [2.45, 2.75) is 18.8 Å². The minimum atomic E-state index is -0.345. The minimum absolute atomic E-state index is 0.345. The van der Waals surface area contributed by atoms with Gasteiger partial charge < -0.3 is 3.83 Å². The second-order valence-electron chi connectivity index (χ2n) is 3.26. The Morgan fingerprint density at radius 1 is 1.31 bits per heavy atom. The third kappa shape index (κ3) is 1.91. The largest absolute Gasteiger partial charge is 0.380 e. The molecule has 0 N–H and O–H groups in total. The summed E-state index contributed by atoms with van der Waals surface area (Å²) < 4.78 is 4.43. The van der Waals surface area contributed by atoms with Crippen LogP contribution < -0.4 is 0 Å². The summed E-state index contributed by atoms with van der Waals surface area (Å²) in [5.41, 5.74) is 1.91. The topological polar surface area (TPSA) is 26.3 Å². The van der Waals surface area contributed by atoms with E-state index in [1.54, 1.807) is 12.1 Å². The number of halogens is 1. The first-order chi connectivity index (χ1) is 6.31. The van der Waals surface area contributed by atoms with Crippen molar-refractivity contribution in [1.82, 2.24) is 0 Å². The Balaban J connectivity index is 2.17. The van der Waals surface area contributed by atoms with Crippen LogP contribution in [0.1, 0.15) is 34.7 Å². The summed E-state index contributed by atoms with van der Waals surface area (Å²) in [6.07, 6.45) is 2.56. The highest BCUT2D eigenvalue weighted by atomic mass is 79.9. The molecule has 0 saturated heterocycles. The van der Waals surface area contributed by atoms with Crippen LogP contribution in [0, 0.1) is 0 Å². The van der Waals surface area contributed by atoms with Crippen molar-refractivity contribution in [3.63, 3.8) is 0 Å². The first-order valence-corrected chi connectivity index (χ1v) is 4.89. The van der Waals surface area contributed by atoms with E-state index in [1.807, 2.05) is 12.1 Å². The van der Waals surface area contributed by atoms with Crippen LogP contribution in [0.4, 0.5) is 0 Å². The summed E-state index contributed by atoms with van der Waals surface area (Å²) in [4.78, 5) is 11.0. The number of hydrogen-bond acceptors (Lipinski definition) is 2. The average Bonchev–Trinajstić information content (AvgIpc) is 3.00. The van der Waals surface area contributed by atoms with Crippen molar-refractivity contribution in [1.29, 1.82) is 0 Å². The van der Waals surface area contributed by atoms with Gasteiger partial charge in [0.1, 0.15) is 0 Å². The lowest BCUT2D eigenvalue weighted by atomic mass is 10.1. The van der Waals surface area contributed by atoms with Gasteiger partial charge in [-0.15, -0.1) is 0 Å². The Labute approximate surface area is 85.4 Å². The minimum Gasteiger partial charge on any atom is -0.380 e. The van der Waals surface area contributed by atoms with Gasteiger partial charge in [0.15, 0.2) is 16.3 Å². The maximum absolute atomic E-state index is 11.0. The Morgan fingerprint density at radius 3 is 2.38 bits per heavy atom. The molecule has 0 aromatic heterocycles. The average molecular weight is 241 g/mol. The summed E-state index contributed by atoms with van der Waals surface area (Å²) >= 11 is 2.66. The lowest BCUT2D eigenvalue weighted by Gasteiger charge is -1.99. The molecular weight excluding hydrogens is 232 g/mol. The van der Waals surface area contributed by atoms with Crippen LogP contribution in [0.2, 0.25) is 0 Å². The number of hydrogen-bond donors (Lipinski definition) is 0. The molecule has 1 aromatic carbocycles. The lowest BCUT2D eigenvalue weighted by molar-refractivity contribution is 0.0782. The van der Waals surface area contributed by atoms with Gasteiger partial charge in [-0.2, -0.15) is 0 Å². The molecule has 2 rings (SSSR count). The first kappa shape index (κ1) is 8.75. The zero-order valence-corrected chi connectivity index (χ0v) is 8.58. The fraction of sp³-hybridized carbons (Fsp3) is 0.300. The Morgan fingerprint density at radius 2 is 1.92 bits per heavy atom. The van der Waals surface area contributed by atoms with Crippen LogP contribution in [0.15, 0.2) is 24.3 Å². The molecule has 0 atom stereocenters. The maximum atomic E-state index is 11.0. The summed E-state index contributed by atoms with van der Waals surface area (Å²) in [5, 5.41) is 0. The van der Waals surface area contributed by atoms with Gasteiger partial charge >= 0.3 is 5.97 Å². The van der Waals surface area contributed by atoms with Crippen molar-refractivity contribution >= 4 is 22.2 Å². The van der Waals surface area contributed by atoms with Crippen LogP contribution in [0.5, 0.6) is 0 Å². The fourth-order valence-electron chi connectivity index (χ4n) is 1.35. The van der Waals surface area contributed by atoms with E-state index in [0.29, 0.717) is 5.56 Å². The van der Waals surface area contributed by atoms with Gasteiger partial charge in [0.25, 0.3) is 0 Å². The molecule has 0 aliphatic heterocycles. The Hall–Kier alpha value is -0.830. The van der Waals surface area contributed by atoms with E-state index >= 15 is 0 Å². The molecule has 0 unspecified atom stereocenters. The van der Waals surface area contributed by atoms with E-state index in [-0.39, 0.29) is 5.97 Å². The van der Waals surface area contributed by atoms with Gasteiger partial charge in [0.05, 0.1) is 5.56 Å². The Bertz CT molecular complexity index is 314. The highest BCUT2D eigenvalue weighted by Crippen LogP contribution is 2.39. The van der Waals surface area contributed by atoms with E-state index in [2.05, 4.69) is 20.1 Å². The zero-order chi connectivity index (χ0) is 9.26. The number of benzene rings is 1. The summed E-state index contributed by atoms with van der Waals surface area (Å²) in [7, 11) is 0. The first-order valence-electron chi connectivity index (χ1n) is 4.24. The molecule has 2 nitrogen and oxygen atoms in total. The molecule has 1 fully saturated rings. The van der Waals surface area contributed by atoms with Crippen molar-refractivity contribution < 1.29 is 8.62 Å². The van der Waals surface area contributed by atoms with Gasteiger partial charge in [0, 0.05) is 0 Å². The van der Waals surface area contributed by atoms with Crippen molar-refractivity contribution in [3.8, 4) is 0 Å². The highest BCUT2D eigenvalue weighted by Gasteiger charge is 2.23. The molecule has 1 aliphatic rings. The molecular formula is C10H9BrO2. The fourth-order valence-corrected chi connectivity index (χ4v) is 1.54. The molecule has 13 heavy (non-hydrogen) atoms. The van der Waals surface area contributed by atoms with Crippen LogP contribution in [0.25, 0.3) is 0 Å². The molecule has 0 amide bonds. The maximum Gasteiger partial charge on any atom is 0.349 e. The lowest BCUT2D eigenvalue weighted by Crippen LogP contribution is -1.97. The van der Waals surface area contributed by atoms with Crippen molar-refractivity contribution in [3.05, 3.63) is 35.4 Å². The van der Waals surface area contributed by atoms with Gasteiger partial charge in [-0.1, -0.05) is 12.1 Å². The van der Waals surface area contributed by atoms with E-state index in [1.165, 1.54) is 18.4 Å². The number of carbonyl (C=O) groups excluding carboxylic acids is 1. The normalized spacial score (nSPS) is 15.5. The van der Waals surface area contributed by atoms with Crippen LogP contribution in [-0.4, -0.2) is 5.97 Å². The third-order valence-electron chi connectivity index (χ3n) is 2.27. The van der Waals surface area contributed by atoms with Crippen LogP contribution in [0.3, 0.4) is 0 Å². The number of carbonyl (C=O) groups is 1.